The van der Waals surface area contributed by atoms with Gasteiger partial charge in [0.1, 0.15) is 5.56 Å². The number of aromatic nitrogens is 2. The summed E-state index contributed by atoms with van der Waals surface area (Å²) in [6, 6.07) is 0. The predicted octanol–water partition coefficient (Wildman–Crippen LogP) is 1.89. The van der Waals surface area contributed by atoms with Crippen LogP contribution in [-0.4, -0.2) is 32.4 Å². The van der Waals surface area contributed by atoms with E-state index in [2.05, 4.69) is 26.6 Å². The monoisotopic (exact) mass is 343 g/mol. The molecule has 8 nitrogen and oxygen atoms in total. The molecule has 25 heavy (non-hydrogen) atoms. The summed E-state index contributed by atoms with van der Waals surface area (Å²) >= 11 is 0. The molecule has 1 aromatic rings. The largest absolute Gasteiger partial charge is 0.478 e. The van der Waals surface area contributed by atoms with Gasteiger partial charge in [0, 0.05) is 32.2 Å². The molecule has 132 valence electrons. The van der Waals surface area contributed by atoms with E-state index in [4.69, 9.17) is 6.42 Å². The minimum atomic E-state index is -0.990. The van der Waals surface area contributed by atoms with Crippen LogP contribution in [-0.2, 0) is 24.3 Å². The molecule has 0 atom stereocenters. The summed E-state index contributed by atoms with van der Waals surface area (Å²) in [6.07, 6.45) is 9.94. The van der Waals surface area contributed by atoms with Crippen molar-refractivity contribution in [3.63, 3.8) is 0 Å². The molecule has 0 bridgehead atoms. The topological polar surface area (TPSA) is 109 Å². The lowest BCUT2D eigenvalue weighted by molar-refractivity contribution is -0.121. The van der Waals surface area contributed by atoms with Gasteiger partial charge in [0.25, 0.3) is 0 Å². The molecule has 0 saturated carbocycles. The first kappa shape index (κ1) is 17.1. The van der Waals surface area contributed by atoms with Gasteiger partial charge in [-0.05, 0) is 19.3 Å². The third-order valence-electron chi connectivity index (χ3n) is 4.64. The van der Waals surface area contributed by atoms with Crippen LogP contribution in [0.15, 0.2) is 10.2 Å². The molecule has 0 spiro atoms. The Morgan fingerprint density at radius 1 is 1.32 bits per heavy atom. The molecule has 0 aromatic carbocycles. The van der Waals surface area contributed by atoms with Crippen molar-refractivity contribution < 1.29 is 14.7 Å². The molecule has 3 rings (SSSR count). The number of carboxylic acids is 1. The number of carbonyl (C=O) groups is 2. The number of carbonyl (C=O) groups excluding carboxylic acids is 1. The second-order valence-corrected chi connectivity index (χ2v) is 6.42. The quantitative estimate of drug-likeness (QED) is 0.702. The summed E-state index contributed by atoms with van der Waals surface area (Å²) in [4.78, 5) is 23.6. The fourth-order valence-corrected chi connectivity index (χ4v) is 3.17. The van der Waals surface area contributed by atoms with Gasteiger partial charge in [-0.15, -0.1) is 12.3 Å². The minimum Gasteiger partial charge on any atom is -0.478 e. The Bertz CT molecular complexity index is 753. The molecule has 0 radical (unpaired) electrons. The van der Waals surface area contributed by atoms with Crippen molar-refractivity contribution in [2.45, 2.75) is 63.7 Å². The number of aryl methyl sites for hydroxylation is 1. The molecule has 0 unspecified atom stereocenters. The average Bonchev–Trinajstić information content (AvgIpc) is 3.27. The second-order valence-electron chi connectivity index (χ2n) is 6.42. The maximum Gasteiger partial charge on any atom is 0.339 e. The average molecular weight is 343 g/mol. The van der Waals surface area contributed by atoms with Crippen LogP contribution < -0.4 is 5.32 Å². The van der Waals surface area contributed by atoms with Crippen LogP contribution in [0.1, 0.15) is 60.3 Å². The van der Waals surface area contributed by atoms with Crippen molar-refractivity contribution in [2.75, 3.05) is 0 Å². The van der Waals surface area contributed by atoms with Crippen LogP contribution in [0.3, 0.4) is 0 Å². The number of nitrogens with one attached hydrogen (secondary N) is 1. The highest BCUT2D eigenvalue weighted by Gasteiger charge is 2.39. The highest BCUT2D eigenvalue weighted by Crippen LogP contribution is 2.37. The van der Waals surface area contributed by atoms with E-state index in [1.807, 2.05) is 0 Å². The second kappa shape index (κ2) is 7.05. The van der Waals surface area contributed by atoms with Crippen molar-refractivity contribution >= 4 is 11.9 Å². The van der Waals surface area contributed by atoms with Crippen molar-refractivity contribution in [1.29, 1.82) is 0 Å². The van der Waals surface area contributed by atoms with Gasteiger partial charge in [-0.2, -0.15) is 15.3 Å². The van der Waals surface area contributed by atoms with E-state index < -0.39 is 11.6 Å². The van der Waals surface area contributed by atoms with Gasteiger partial charge in [-0.3, -0.25) is 9.48 Å². The number of carboxylic acid groups (broad SMARTS) is 1. The number of aromatic carboxylic acids is 1. The normalized spacial score (nSPS) is 16.8. The maximum absolute atomic E-state index is 12.1. The van der Waals surface area contributed by atoms with E-state index in [-0.39, 0.29) is 24.4 Å². The van der Waals surface area contributed by atoms with Crippen molar-refractivity contribution in [3.05, 3.63) is 17.0 Å². The minimum absolute atomic E-state index is 0.117. The standard InChI is InChI=1S/C17H21N5O3/c1-2-3-8-17(20-21-17)9-7-14(23)18-11-12-15(16(24)25)13-6-4-5-10-22(13)19-12/h1H,3-11H2,(H,18,23)(H,24,25). The molecule has 3 heterocycles. The zero-order valence-electron chi connectivity index (χ0n) is 14.0. The molecule has 1 aromatic heterocycles. The van der Waals surface area contributed by atoms with Crippen LogP contribution in [0.5, 0.6) is 0 Å². The summed E-state index contributed by atoms with van der Waals surface area (Å²) in [5, 5.41) is 24.6. The fourth-order valence-electron chi connectivity index (χ4n) is 3.17. The molecule has 0 aliphatic carbocycles. The summed E-state index contributed by atoms with van der Waals surface area (Å²) in [7, 11) is 0. The van der Waals surface area contributed by atoms with E-state index in [0.29, 0.717) is 31.4 Å². The zero-order chi connectivity index (χ0) is 17.9. The van der Waals surface area contributed by atoms with E-state index in [1.165, 1.54) is 0 Å². The van der Waals surface area contributed by atoms with Crippen molar-refractivity contribution in [3.8, 4) is 12.3 Å². The predicted molar refractivity (Wildman–Crippen MR) is 88.9 cm³/mol. The van der Waals surface area contributed by atoms with E-state index in [9.17, 15) is 14.7 Å². The van der Waals surface area contributed by atoms with Gasteiger partial charge in [0.2, 0.25) is 5.91 Å². The maximum atomic E-state index is 12.1. The Kier molecular flexibility index (Phi) is 4.83. The first-order valence-corrected chi connectivity index (χ1v) is 8.51. The number of terminal acetylenes is 1. The van der Waals surface area contributed by atoms with Crippen LogP contribution in [0.2, 0.25) is 0 Å². The van der Waals surface area contributed by atoms with E-state index in [0.717, 1.165) is 25.1 Å². The van der Waals surface area contributed by atoms with E-state index >= 15 is 0 Å². The molecule has 0 fully saturated rings. The van der Waals surface area contributed by atoms with Crippen LogP contribution in [0.25, 0.3) is 0 Å². The number of fused-ring (bicyclic) bond motifs is 1. The first-order chi connectivity index (χ1) is 12.0. The van der Waals surface area contributed by atoms with Gasteiger partial charge >= 0.3 is 5.97 Å². The fraction of sp³-hybridized carbons (Fsp3) is 0.588. The third-order valence-corrected chi connectivity index (χ3v) is 4.64. The first-order valence-electron chi connectivity index (χ1n) is 8.51. The Balaban J connectivity index is 1.55. The lowest BCUT2D eigenvalue weighted by atomic mass is 10.0. The molecule has 8 heteroatoms. The molecule has 2 aliphatic rings. The van der Waals surface area contributed by atoms with Crippen molar-refractivity contribution in [2.24, 2.45) is 10.2 Å². The molecule has 0 saturated heterocycles. The number of hydrogen-bond acceptors (Lipinski definition) is 5. The van der Waals surface area contributed by atoms with Crippen LogP contribution in [0.4, 0.5) is 0 Å². The molecular formula is C17H21N5O3. The zero-order valence-corrected chi connectivity index (χ0v) is 14.0. The molecule has 2 N–H and O–H groups in total. The SMILES string of the molecule is C#CCCC1(CCC(=O)NCc2nn3c(c2C(=O)O)CCCC3)N=N1. The number of nitrogens with zero attached hydrogens (tertiary/aromatic N) is 4. The summed E-state index contributed by atoms with van der Waals surface area (Å²) in [5.74, 6) is 1.40. The highest BCUT2D eigenvalue weighted by atomic mass is 16.4. The number of hydrogen-bond donors (Lipinski definition) is 2. The lowest BCUT2D eigenvalue weighted by Crippen LogP contribution is -2.25. The van der Waals surface area contributed by atoms with Crippen LogP contribution in [0, 0.1) is 12.3 Å². The molecule has 2 aliphatic heterocycles. The Morgan fingerprint density at radius 2 is 2.12 bits per heavy atom. The molecule has 1 amide bonds. The van der Waals surface area contributed by atoms with Crippen molar-refractivity contribution in [1.82, 2.24) is 15.1 Å². The van der Waals surface area contributed by atoms with Gasteiger partial charge in [-0.25, -0.2) is 4.79 Å². The number of rotatable bonds is 8. The van der Waals surface area contributed by atoms with Crippen LogP contribution >= 0.6 is 0 Å². The Hall–Kier alpha value is -2.69. The lowest BCUT2D eigenvalue weighted by Gasteiger charge is -2.13. The number of amides is 1. The smallest absolute Gasteiger partial charge is 0.339 e. The highest BCUT2D eigenvalue weighted by molar-refractivity contribution is 5.90. The summed E-state index contributed by atoms with van der Waals surface area (Å²) < 4.78 is 1.76. The summed E-state index contributed by atoms with van der Waals surface area (Å²) in [6.45, 7) is 0.844. The Morgan fingerprint density at radius 3 is 2.80 bits per heavy atom. The van der Waals surface area contributed by atoms with Gasteiger partial charge in [0.05, 0.1) is 17.9 Å². The van der Waals surface area contributed by atoms with E-state index in [1.54, 1.807) is 4.68 Å². The molecular weight excluding hydrogens is 322 g/mol. The Labute approximate surface area is 145 Å². The summed E-state index contributed by atoms with van der Waals surface area (Å²) in [5.41, 5.74) is 0.925. The van der Waals surface area contributed by atoms with Gasteiger partial charge in [0.15, 0.2) is 5.66 Å². The van der Waals surface area contributed by atoms with Gasteiger partial charge < -0.3 is 10.4 Å². The third kappa shape index (κ3) is 3.87. The van der Waals surface area contributed by atoms with Gasteiger partial charge in [-0.1, -0.05) is 0 Å².